The van der Waals surface area contributed by atoms with E-state index in [-0.39, 0.29) is 18.5 Å². The summed E-state index contributed by atoms with van der Waals surface area (Å²) < 4.78 is 0. The van der Waals surface area contributed by atoms with Gasteiger partial charge < -0.3 is 16.4 Å². The van der Waals surface area contributed by atoms with Crippen molar-refractivity contribution in [2.75, 3.05) is 11.9 Å². The second-order valence-corrected chi connectivity index (χ2v) is 7.61. The molecule has 0 unspecified atom stereocenters. The maximum atomic E-state index is 12.3. The van der Waals surface area contributed by atoms with Crippen LogP contribution in [0.25, 0.3) is 0 Å². The maximum absolute atomic E-state index is 12.3. The summed E-state index contributed by atoms with van der Waals surface area (Å²) in [5, 5.41) is 7.20. The van der Waals surface area contributed by atoms with Crippen LogP contribution in [0.4, 0.5) is 5.00 Å². The highest BCUT2D eigenvalue weighted by molar-refractivity contribution is 7.17. The van der Waals surface area contributed by atoms with E-state index in [1.165, 1.54) is 11.3 Å². The van der Waals surface area contributed by atoms with Crippen molar-refractivity contribution in [1.82, 2.24) is 5.32 Å². The van der Waals surface area contributed by atoms with Gasteiger partial charge in [-0.25, -0.2) is 0 Å². The Morgan fingerprint density at radius 1 is 1.32 bits per heavy atom. The van der Waals surface area contributed by atoms with Crippen molar-refractivity contribution < 1.29 is 9.59 Å². The average molecular weight is 378 g/mol. The molecular weight excluding hydrogens is 358 g/mol. The van der Waals surface area contributed by atoms with Crippen molar-refractivity contribution >= 4 is 39.8 Å². The number of nitrogens with two attached hydrogens (primary N) is 1. The lowest BCUT2D eigenvalue weighted by Crippen LogP contribution is -2.30. The zero-order chi connectivity index (χ0) is 18.0. The lowest BCUT2D eigenvalue weighted by atomic mass is 10.1. The molecule has 0 fully saturated rings. The first-order chi connectivity index (χ1) is 12.0. The van der Waals surface area contributed by atoms with E-state index >= 15 is 0 Å². The molecule has 5 nitrogen and oxygen atoms in total. The fourth-order valence-corrected chi connectivity index (χ4v) is 4.72. The Hall–Kier alpha value is -1.89. The predicted molar refractivity (Wildman–Crippen MR) is 101 cm³/mol. The van der Waals surface area contributed by atoms with Gasteiger partial charge in [-0.05, 0) is 43.4 Å². The number of amides is 2. The number of halogens is 1. The van der Waals surface area contributed by atoms with Gasteiger partial charge in [0.05, 0.1) is 12.1 Å². The molecule has 0 spiro atoms. The molecule has 0 saturated carbocycles. The largest absolute Gasteiger partial charge is 0.365 e. The van der Waals surface area contributed by atoms with Gasteiger partial charge in [0.1, 0.15) is 5.00 Å². The molecule has 1 aliphatic rings. The summed E-state index contributed by atoms with van der Waals surface area (Å²) in [6, 6.07) is 7.45. The first-order valence-electron chi connectivity index (χ1n) is 8.19. The smallest absolute Gasteiger partial charge is 0.251 e. The Morgan fingerprint density at radius 3 is 2.80 bits per heavy atom. The Kier molecular flexibility index (Phi) is 5.42. The van der Waals surface area contributed by atoms with E-state index in [2.05, 4.69) is 10.6 Å². The molecule has 0 aliphatic heterocycles. The normalized spacial score (nSPS) is 14.2. The average Bonchev–Trinajstić information content (AvgIpc) is 3.13. The maximum Gasteiger partial charge on any atom is 0.251 e. The number of benzene rings is 1. The number of primary amides is 1. The number of rotatable bonds is 6. The molecule has 1 heterocycles. The van der Waals surface area contributed by atoms with E-state index < -0.39 is 5.91 Å². The number of aryl methyl sites for hydroxylation is 1. The molecule has 1 aliphatic carbocycles. The van der Waals surface area contributed by atoms with Crippen LogP contribution in [-0.4, -0.2) is 18.4 Å². The number of nitrogens with one attached hydrogen (secondary N) is 2. The number of anilines is 1. The van der Waals surface area contributed by atoms with E-state index in [9.17, 15) is 9.59 Å². The molecule has 2 amide bonds. The lowest BCUT2D eigenvalue weighted by Gasteiger charge is -2.15. The second-order valence-electron chi connectivity index (χ2n) is 6.10. The quantitative estimate of drug-likeness (QED) is 0.722. The van der Waals surface area contributed by atoms with E-state index in [0.717, 1.165) is 35.3 Å². The zero-order valence-corrected chi connectivity index (χ0v) is 15.5. The monoisotopic (exact) mass is 377 g/mol. The Labute approximate surface area is 155 Å². The number of carbonyl (C=O) groups is 2. The molecule has 3 rings (SSSR count). The number of carbonyl (C=O) groups excluding carboxylic acids is 2. The summed E-state index contributed by atoms with van der Waals surface area (Å²) in [6.45, 7) is 2.07. The summed E-state index contributed by atoms with van der Waals surface area (Å²) in [5.74, 6) is -0.687. The molecule has 0 bridgehead atoms. The number of hydrogen-bond acceptors (Lipinski definition) is 4. The molecule has 0 saturated heterocycles. The number of thiophene rings is 1. The second kappa shape index (κ2) is 7.56. The van der Waals surface area contributed by atoms with Gasteiger partial charge in [0.2, 0.25) is 5.91 Å². The van der Waals surface area contributed by atoms with Crippen molar-refractivity contribution in [2.45, 2.75) is 32.2 Å². The highest BCUT2D eigenvalue weighted by Crippen LogP contribution is 2.38. The van der Waals surface area contributed by atoms with Crippen molar-refractivity contribution in [3.8, 4) is 0 Å². The fourth-order valence-electron chi connectivity index (χ4n) is 3.11. The van der Waals surface area contributed by atoms with Crippen LogP contribution in [0.3, 0.4) is 0 Å². The van der Waals surface area contributed by atoms with Gasteiger partial charge in [-0.15, -0.1) is 11.3 Å². The first-order valence-corrected chi connectivity index (χ1v) is 9.38. The minimum Gasteiger partial charge on any atom is -0.365 e. The summed E-state index contributed by atoms with van der Waals surface area (Å²) in [6.07, 6.45) is 2.83. The standard InChI is InChI=1S/C18H20ClN3O2S/c1-10(11-5-2-3-7-13(11)19)21-9-15(23)22-18-16(17(20)24)12-6-4-8-14(12)25-18/h2-3,5,7,10,21H,4,6,8-9H2,1H3,(H2,20,24)(H,22,23)/t10-/m0/s1. The summed E-state index contributed by atoms with van der Waals surface area (Å²) in [4.78, 5) is 25.2. The Morgan fingerprint density at radius 2 is 2.08 bits per heavy atom. The lowest BCUT2D eigenvalue weighted by molar-refractivity contribution is -0.115. The van der Waals surface area contributed by atoms with Crippen molar-refractivity contribution in [1.29, 1.82) is 0 Å². The van der Waals surface area contributed by atoms with Gasteiger partial charge in [-0.1, -0.05) is 29.8 Å². The topological polar surface area (TPSA) is 84.2 Å². The zero-order valence-electron chi connectivity index (χ0n) is 13.9. The van der Waals surface area contributed by atoms with Crippen LogP contribution < -0.4 is 16.4 Å². The van der Waals surface area contributed by atoms with Crippen LogP contribution in [0.15, 0.2) is 24.3 Å². The Bertz CT molecular complexity index is 819. The Balaban J connectivity index is 1.64. The molecule has 7 heteroatoms. The molecule has 2 aromatic rings. The number of hydrogen-bond donors (Lipinski definition) is 3. The van der Waals surface area contributed by atoms with Crippen molar-refractivity contribution in [3.05, 3.63) is 50.9 Å². The van der Waals surface area contributed by atoms with Crippen LogP contribution in [0.1, 0.15) is 45.7 Å². The molecular formula is C18H20ClN3O2S. The molecule has 132 valence electrons. The molecule has 1 atom stereocenters. The van der Waals surface area contributed by atoms with Crippen molar-refractivity contribution in [2.24, 2.45) is 5.73 Å². The first kappa shape index (κ1) is 17.9. The summed E-state index contributed by atoms with van der Waals surface area (Å²) >= 11 is 7.63. The van der Waals surface area contributed by atoms with Gasteiger partial charge in [-0.3, -0.25) is 9.59 Å². The molecule has 25 heavy (non-hydrogen) atoms. The highest BCUT2D eigenvalue weighted by Gasteiger charge is 2.26. The van der Waals surface area contributed by atoms with Gasteiger partial charge >= 0.3 is 0 Å². The third-order valence-corrected chi connectivity index (χ3v) is 5.91. The van der Waals surface area contributed by atoms with Gasteiger partial charge in [0.25, 0.3) is 5.91 Å². The van der Waals surface area contributed by atoms with E-state index in [1.54, 1.807) is 0 Å². The van der Waals surface area contributed by atoms with Crippen LogP contribution in [0, 0.1) is 0 Å². The third-order valence-electron chi connectivity index (χ3n) is 4.36. The summed E-state index contributed by atoms with van der Waals surface area (Å²) in [7, 11) is 0. The van der Waals surface area contributed by atoms with E-state index in [0.29, 0.717) is 15.6 Å². The number of fused-ring (bicyclic) bond motifs is 1. The van der Waals surface area contributed by atoms with Crippen LogP contribution in [0.5, 0.6) is 0 Å². The minimum absolute atomic E-state index is 0.0663. The molecule has 0 radical (unpaired) electrons. The third kappa shape index (κ3) is 3.86. The van der Waals surface area contributed by atoms with E-state index in [4.69, 9.17) is 17.3 Å². The van der Waals surface area contributed by atoms with Gasteiger partial charge in [0.15, 0.2) is 0 Å². The van der Waals surface area contributed by atoms with Gasteiger partial charge in [0, 0.05) is 15.9 Å². The van der Waals surface area contributed by atoms with Crippen LogP contribution in [-0.2, 0) is 17.6 Å². The van der Waals surface area contributed by atoms with Crippen LogP contribution in [0.2, 0.25) is 5.02 Å². The SMILES string of the molecule is C[C@H](NCC(=O)Nc1sc2c(c1C(N)=O)CCC2)c1ccccc1Cl. The predicted octanol–water partition coefficient (Wildman–Crippen LogP) is 3.28. The van der Waals surface area contributed by atoms with E-state index in [1.807, 2.05) is 31.2 Å². The fraction of sp³-hybridized carbons (Fsp3) is 0.333. The molecule has 1 aromatic heterocycles. The van der Waals surface area contributed by atoms with Crippen LogP contribution >= 0.6 is 22.9 Å². The van der Waals surface area contributed by atoms with Gasteiger partial charge in [-0.2, -0.15) is 0 Å². The summed E-state index contributed by atoms with van der Waals surface area (Å²) in [5.41, 5.74) is 7.93. The van der Waals surface area contributed by atoms with Crippen molar-refractivity contribution in [3.63, 3.8) is 0 Å². The highest BCUT2D eigenvalue weighted by atomic mass is 35.5. The molecule has 4 N–H and O–H groups in total. The minimum atomic E-state index is -0.480. The molecule has 1 aromatic carbocycles.